The van der Waals surface area contributed by atoms with E-state index < -0.39 is 16.0 Å². The first-order valence-electron chi connectivity index (χ1n) is 11.4. The number of thiophene rings is 1. The molecule has 0 saturated carbocycles. The topological polar surface area (TPSA) is 107 Å². The fourth-order valence-corrected chi connectivity index (χ4v) is 8.09. The number of aromatic nitrogens is 2. The third-order valence-electron chi connectivity index (χ3n) is 6.25. The quantitative estimate of drug-likeness (QED) is 0.337. The van der Waals surface area contributed by atoms with E-state index in [-0.39, 0.29) is 5.92 Å². The number of hydrogen-bond acceptors (Lipinski definition) is 7. The smallest absolute Gasteiger partial charge is 0.307 e. The molecule has 1 fully saturated rings. The Kier molecular flexibility index (Phi) is 6.67. The zero-order valence-electron chi connectivity index (χ0n) is 19.2. The number of thiazole rings is 1. The molecule has 4 heterocycles. The predicted octanol–water partition coefficient (Wildman–Crippen LogP) is 4.86. The van der Waals surface area contributed by atoms with E-state index in [0.29, 0.717) is 29.5 Å². The Hall–Kier alpha value is -2.73. The number of likely N-dealkylation sites (tertiary alicyclic amines) is 1. The summed E-state index contributed by atoms with van der Waals surface area (Å²) in [4.78, 5) is 22.6. The Morgan fingerprint density at radius 2 is 2.17 bits per heavy atom. The van der Waals surface area contributed by atoms with Gasteiger partial charge in [-0.3, -0.25) is 14.0 Å². The monoisotopic (exact) mass is 530 g/mol. The summed E-state index contributed by atoms with van der Waals surface area (Å²) in [5.74, 6) is -1.04. The van der Waals surface area contributed by atoms with E-state index in [1.807, 2.05) is 37.4 Å². The summed E-state index contributed by atoms with van der Waals surface area (Å²) >= 11 is 2.78. The average Bonchev–Trinajstić information content (AvgIpc) is 3.60. The van der Waals surface area contributed by atoms with E-state index in [9.17, 15) is 18.3 Å². The fraction of sp³-hybridized carbons (Fsp3) is 0.333. The molecule has 1 aliphatic heterocycles. The Balaban J connectivity index is 1.42. The normalized spacial score (nSPS) is 17.1. The summed E-state index contributed by atoms with van der Waals surface area (Å²) in [6.07, 6.45) is 3.46. The second-order valence-electron chi connectivity index (χ2n) is 8.57. The second kappa shape index (κ2) is 9.73. The third-order valence-corrected chi connectivity index (χ3v) is 10.5. The minimum atomic E-state index is -3.66. The lowest BCUT2D eigenvalue weighted by atomic mass is 9.98. The van der Waals surface area contributed by atoms with E-state index >= 15 is 0 Å². The molecule has 1 aromatic carbocycles. The zero-order chi connectivity index (χ0) is 24.6. The molecular formula is C24H26N4O4S3. The molecule has 8 nitrogen and oxygen atoms in total. The van der Waals surface area contributed by atoms with Crippen molar-refractivity contribution in [3.8, 4) is 10.7 Å². The number of para-hydroxylation sites is 1. The maximum atomic E-state index is 13.3. The van der Waals surface area contributed by atoms with Crippen LogP contribution in [-0.2, 0) is 21.4 Å². The van der Waals surface area contributed by atoms with Crippen molar-refractivity contribution in [2.24, 2.45) is 5.92 Å². The molecule has 11 heteroatoms. The van der Waals surface area contributed by atoms with Crippen molar-refractivity contribution in [2.45, 2.75) is 30.5 Å². The van der Waals surface area contributed by atoms with Gasteiger partial charge in [0, 0.05) is 36.1 Å². The van der Waals surface area contributed by atoms with Gasteiger partial charge in [-0.05, 0) is 49.9 Å². The number of nitrogens with one attached hydrogen (secondary N) is 1. The summed E-state index contributed by atoms with van der Waals surface area (Å²) in [5, 5.41) is 12.8. The number of H-pyrrole nitrogens is 1. The SMILES string of the molecule is CCN(c1cccc2cc(-c3ncc(CN4CCCC(C(=O)O)C4)s3)[nH]c12)S(=O)(=O)c1cccs1. The van der Waals surface area contributed by atoms with Gasteiger partial charge in [0.15, 0.2) is 0 Å². The van der Waals surface area contributed by atoms with Crippen molar-refractivity contribution in [1.29, 1.82) is 0 Å². The highest BCUT2D eigenvalue weighted by atomic mass is 32.2. The number of hydrogen-bond donors (Lipinski definition) is 2. The predicted molar refractivity (Wildman–Crippen MR) is 140 cm³/mol. The van der Waals surface area contributed by atoms with Crippen LogP contribution >= 0.6 is 22.7 Å². The lowest BCUT2D eigenvalue weighted by molar-refractivity contribution is -0.143. The highest BCUT2D eigenvalue weighted by Gasteiger charge is 2.27. The molecule has 4 aromatic rings. The summed E-state index contributed by atoms with van der Waals surface area (Å²) < 4.78 is 28.3. The van der Waals surface area contributed by atoms with Gasteiger partial charge >= 0.3 is 5.97 Å². The summed E-state index contributed by atoms with van der Waals surface area (Å²) in [6.45, 7) is 4.26. The van der Waals surface area contributed by atoms with E-state index in [2.05, 4.69) is 14.9 Å². The molecule has 0 spiro atoms. The number of benzene rings is 1. The molecule has 35 heavy (non-hydrogen) atoms. The lowest BCUT2D eigenvalue weighted by Gasteiger charge is -2.29. The third kappa shape index (κ3) is 4.73. The van der Waals surface area contributed by atoms with Crippen LogP contribution in [0.5, 0.6) is 0 Å². The number of piperidine rings is 1. The molecule has 3 aromatic heterocycles. The van der Waals surface area contributed by atoms with E-state index in [0.717, 1.165) is 45.9 Å². The van der Waals surface area contributed by atoms with Crippen molar-refractivity contribution in [3.63, 3.8) is 0 Å². The van der Waals surface area contributed by atoms with Crippen molar-refractivity contribution in [1.82, 2.24) is 14.9 Å². The van der Waals surface area contributed by atoms with Crippen LogP contribution in [0, 0.1) is 5.92 Å². The van der Waals surface area contributed by atoms with Crippen molar-refractivity contribution in [2.75, 3.05) is 23.9 Å². The van der Waals surface area contributed by atoms with Crippen molar-refractivity contribution in [3.05, 3.63) is 52.9 Å². The molecule has 5 rings (SSSR count). The Morgan fingerprint density at radius 3 is 2.91 bits per heavy atom. The average molecular weight is 531 g/mol. The number of carboxylic acids is 1. The van der Waals surface area contributed by atoms with Gasteiger partial charge in [0.05, 0.1) is 22.8 Å². The number of aliphatic carboxylic acids is 1. The van der Waals surface area contributed by atoms with Gasteiger partial charge in [-0.15, -0.1) is 22.7 Å². The van der Waals surface area contributed by atoms with Gasteiger partial charge in [0.1, 0.15) is 9.22 Å². The number of sulfonamides is 1. The van der Waals surface area contributed by atoms with Crippen molar-refractivity contribution >= 4 is 55.3 Å². The highest BCUT2D eigenvalue weighted by Crippen LogP contribution is 2.35. The molecule has 184 valence electrons. The van der Waals surface area contributed by atoms with Gasteiger partial charge in [-0.25, -0.2) is 13.4 Å². The molecule has 0 bridgehead atoms. The van der Waals surface area contributed by atoms with E-state index in [1.165, 1.54) is 15.6 Å². The molecule has 0 aliphatic carbocycles. The van der Waals surface area contributed by atoms with Gasteiger partial charge in [-0.1, -0.05) is 18.2 Å². The second-order valence-corrected chi connectivity index (χ2v) is 12.7. The van der Waals surface area contributed by atoms with Crippen molar-refractivity contribution < 1.29 is 18.3 Å². The number of anilines is 1. The van der Waals surface area contributed by atoms with Crippen LogP contribution in [0.3, 0.4) is 0 Å². The van der Waals surface area contributed by atoms with E-state index in [4.69, 9.17) is 0 Å². The highest BCUT2D eigenvalue weighted by molar-refractivity contribution is 7.94. The van der Waals surface area contributed by atoms with Crippen LogP contribution in [-0.4, -0.2) is 54.0 Å². The van der Waals surface area contributed by atoms with Gasteiger partial charge in [0.25, 0.3) is 10.0 Å². The summed E-state index contributed by atoms with van der Waals surface area (Å²) in [7, 11) is -3.66. The number of carboxylic acid groups (broad SMARTS) is 1. The number of fused-ring (bicyclic) bond motifs is 1. The van der Waals surface area contributed by atoms with Gasteiger partial charge in [-0.2, -0.15) is 0 Å². The molecule has 0 radical (unpaired) electrons. The standard InChI is InChI=1S/C24H26N4O4S3/c1-2-28(35(31,32)21-9-5-11-33-21)20-8-3-6-16-12-19(26-22(16)20)23-25-13-18(34-23)15-27-10-4-7-17(14-27)24(29)30/h3,5-6,8-9,11-13,17,26H,2,4,7,10,14-15H2,1H3,(H,29,30). The van der Waals surface area contributed by atoms with Crippen LogP contribution in [0.15, 0.2) is 52.2 Å². The Bertz CT molecular complexity index is 1440. The van der Waals surface area contributed by atoms with Gasteiger partial charge in [0.2, 0.25) is 0 Å². The van der Waals surface area contributed by atoms with Crippen LogP contribution in [0.25, 0.3) is 21.6 Å². The van der Waals surface area contributed by atoms with Crippen LogP contribution in [0.4, 0.5) is 5.69 Å². The number of rotatable bonds is 8. The van der Waals surface area contributed by atoms with Gasteiger partial charge < -0.3 is 10.1 Å². The molecule has 1 atom stereocenters. The molecule has 0 amide bonds. The molecule has 1 aliphatic rings. The Morgan fingerprint density at radius 1 is 1.31 bits per heavy atom. The number of carbonyl (C=O) groups is 1. The molecule has 1 saturated heterocycles. The maximum absolute atomic E-state index is 13.3. The minimum absolute atomic E-state index is 0.308. The lowest BCUT2D eigenvalue weighted by Crippen LogP contribution is -2.37. The molecular weight excluding hydrogens is 504 g/mol. The zero-order valence-corrected chi connectivity index (χ0v) is 21.6. The Labute approximate surface area is 211 Å². The first-order valence-corrected chi connectivity index (χ1v) is 14.6. The van der Waals surface area contributed by atoms with Crippen LogP contribution < -0.4 is 4.31 Å². The fourth-order valence-electron chi connectivity index (χ4n) is 4.58. The van der Waals surface area contributed by atoms with Crippen LogP contribution in [0.2, 0.25) is 0 Å². The summed E-state index contributed by atoms with van der Waals surface area (Å²) in [6, 6.07) is 11.0. The summed E-state index contributed by atoms with van der Waals surface area (Å²) in [5.41, 5.74) is 2.19. The first kappa shape index (κ1) is 24.0. The number of nitrogens with zero attached hydrogens (tertiary/aromatic N) is 3. The van der Waals surface area contributed by atoms with E-state index in [1.54, 1.807) is 28.8 Å². The number of aromatic amines is 1. The molecule has 1 unspecified atom stereocenters. The largest absolute Gasteiger partial charge is 0.481 e. The minimum Gasteiger partial charge on any atom is -0.481 e. The first-order chi connectivity index (χ1) is 16.9. The van der Waals surface area contributed by atoms with Crippen LogP contribution in [0.1, 0.15) is 24.6 Å². The maximum Gasteiger partial charge on any atom is 0.307 e. The molecule has 2 N–H and O–H groups in total.